The Kier molecular flexibility index (Phi) is 4.85. The van der Waals surface area contributed by atoms with Crippen LogP contribution in [0.5, 0.6) is 0 Å². The summed E-state index contributed by atoms with van der Waals surface area (Å²) in [6.45, 7) is 12.7. The Morgan fingerprint density at radius 3 is 1.77 bits per heavy atom. The van der Waals surface area contributed by atoms with Crippen LogP contribution < -0.4 is 0 Å². The predicted octanol–water partition coefficient (Wildman–Crippen LogP) is 5.13. The van der Waals surface area contributed by atoms with Gasteiger partial charge in [0, 0.05) is 5.56 Å². The van der Waals surface area contributed by atoms with Crippen molar-refractivity contribution >= 4 is 6.29 Å². The molecule has 2 rings (SSSR count). The van der Waals surface area contributed by atoms with E-state index in [9.17, 15) is 4.79 Å². The molecule has 0 atom stereocenters. The molecule has 22 heavy (non-hydrogen) atoms. The summed E-state index contributed by atoms with van der Waals surface area (Å²) in [5, 5.41) is 0. The van der Waals surface area contributed by atoms with Gasteiger partial charge in [0.05, 0.1) is 0 Å². The Balaban J connectivity index is 2.37. The van der Waals surface area contributed by atoms with Gasteiger partial charge < -0.3 is 0 Å². The zero-order valence-electron chi connectivity index (χ0n) is 14.6. The number of aldehydes is 1. The molecule has 1 nitrogen and oxygen atoms in total. The van der Waals surface area contributed by atoms with Crippen LogP contribution in [0.25, 0.3) is 0 Å². The molecule has 0 unspecified atom stereocenters. The van der Waals surface area contributed by atoms with Gasteiger partial charge in [0.25, 0.3) is 0 Å². The van der Waals surface area contributed by atoms with Crippen molar-refractivity contribution in [1.82, 2.24) is 0 Å². The molecule has 116 valence electrons. The molecule has 0 amide bonds. The second-order valence-corrected chi connectivity index (χ2v) is 6.52. The minimum absolute atomic E-state index is 0.889. The van der Waals surface area contributed by atoms with E-state index in [-0.39, 0.29) is 0 Å². The van der Waals surface area contributed by atoms with E-state index in [1.807, 2.05) is 6.92 Å². The van der Waals surface area contributed by atoms with E-state index in [0.29, 0.717) is 0 Å². The lowest BCUT2D eigenvalue weighted by Gasteiger charge is -2.16. The van der Waals surface area contributed by atoms with Crippen LogP contribution in [0.3, 0.4) is 0 Å². The van der Waals surface area contributed by atoms with Crippen LogP contribution in [-0.2, 0) is 12.8 Å². The standard InChI is InChI=1S/C21H26O/c1-13-9-15(3)19(16(4)10-13)7-8-20-17(5)11-14(2)18(6)21(20)12-22/h9-12H,7-8H2,1-6H3. The Hall–Kier alpha value is -1.89. The van der Waals surface area contributed by atoms with Gasteiger partial charge in [-0.25, -0.2) is 0 Å². The Labute approximate surface area is 134 Å². The van der Waals surface area contributed by atoms with Crippen molar-refractivity contribution in [3.05, 3.63) is 68.3 Å². The molecule has 0 aliphatic carbocycles. The van der Waals surface area contributed by atoms with Gasteiger partial charge in [-0.1, -0.05) is 23.8 Å². The van der Waals surface area contributed by atoms with E-state index in [2.05, 4.69) is 52.8 Å². The quantitative estimate of drug-likeness (QED) is 0.714. The van der Waals surface area contributed by atoms with Crippen molar-refractivity contribution in [2.24, 2.45) is 0 Å². The van der Waals surface area contributed by atoms with E-state index in [4.69, 9.17) is 0 Å². The molecule has 2 aromatic carbocycles. The first-order valence-electron chi connectivity index (χ1n) is 7.96. The molecule has 0 fully saturated rings. The number of carbonyl (C=O) groups is 1. The van der Waals surface area contributed by atoms with Crippen LogP contribution in [0.1, 0.15) is 54.9 Å². The number of carbonyl (C=O) groups excluding carboxylic acids is 1. The lowest BCUT2D eigenvalue weighted by molar-refractivity contribution is 0.112. The van der Waals surface area contributed by atoms with Crippen LogP contribution in [0, 0.1) is 41.5 Å². The number of hydrogen-bond acceptors (Lipinski definition) is 1. The molecule has 0 N–H and O–H groups in total. The Bertz CT molecular complexity index is 700. The third-order valence-electron chi connectivity index (χ3n) is 4.81. The maximum atomic E-state index is 11.5. The normalized spacial score (nSPS) is 10.8. The molecular weight excluding hydrogens is 268 g/mol. The highest BCUT2D eigenvalue weighted by molar-refractivity contribution is 5.81. The molecule has 0 aromatic heterocycles. The van der Waals surface area contributed by atoms with Crippen molar-refractivity contribution < 1.29 is 4.79 Å². The highest BCUT2D eigenvalue weighted by Crippen LogP contribution is 2.24. The molecule has 0 saturated heterocycles. The fourth-order valence-electron chi connectivity index (χ4n) is 3.52. The second kappa shape index (κ2) is 6.48. The minimum atomic E-state index is 0.889. The van der Waals surface area contributed by atoms with Crippen molar-refractivity contribution in [2.45, 2.75) is 54.4 Å². The Morgan fingerprint density at radius 1 is 0.727 bits per heavy atom. The first-order chi connectivity index (χ1) is 10.3. The Morgan fingerprint density at radius 2 is 1.23 bits per heavy atom. The van der Waals surface area contributed by atoms with Crippen LogP contribution in [-0.4, -0.2) is 6.29 Å². The maximum absolute atomic E-state index is 11.5. The average Bonchev–Trinajstić information content (AvgIpc) is 2.43. The molecule has 0 spiro atoms. The lowest BCUT2D eigenvalue weighted by Crippen LogP contribution is -2.05. The van der Waals surface area contributed by atoms with Crippen molar-refractivity contribution in [2.75, 3.05) is 0 Å². The van der Waals surface area contributed by atoms with Crippen LogP contribution in [0.4, 0.5) is 0 Å². The van der Waals surface area contributed by atoms with Gasteiger partial charge in [-0.2, -0.15) is 0 Å². The van der Waals surface area contributed by atoms with Gasteiger partial charge in [-0.15, -0.1) is 0 Å². The predicted molar refractivity (Wildman–Crippen MR) is 94.1 cm³/mol. The summed E-state index contributed by atoms with van der Waals surface area (Å²) in [7, 11) is 0. The van der Waals surface area contributed by atoms with Crippen LogP contribution in [0.2, 0.25) is 0 Å². The van der Waals surface area contributed by atoms with Gasteiger partial charge in [0.15, 0.2) is 6.29 Å². The largest absolute Gasteiger partial charge is 0.298 e. The molecule has 0 bridgehead atoms. The molecule has 0 heterocycles. The summed E-state index contributed by atoms with van der Waals surface area (Å²) in [6.07, 6.45) is 2.94. The van der Waals surface area contributed by atoms with Crippen molar-refractivity contribution in [1.29, 1.82) is 0 Å². The number of aryl methyl sites for hydroxylation is 5. The molecule has 0 aliphatic heterocycles. The topological polar surface area (TPSA) is 17.1 Å². The number of benzene rings is 2. The van der Waals surface area contributed by atoms with Gasteiger partial charge in [0.1, 0.15) is 0 Å². The summed E-state index contributed by atoms with van der Waals surface area (Å²) >= 11 is 0. The third-order valence-corrected chi connectivity index (χ3v) is 4.81. The molecule has 2 aromatic rings. The molecular formula is C21H26O. The van der Waals surface area contributed by atoms with Gasteiger partial charge in [-0.3, -0.25) is 4.79 Å². The zero-order chi connectivity index (χ0) is 16.4. The molecule has 1 heteroatoms. The number of rotatable bonds is 4. The summed E-state index contributed by atoms with van der Waals surface area (Å²) in [5.41, 5.74) is 11.1. The highest BCUT2D eigenvalue weighted by atomic mass is 16.1. The zero-order valence-corrected chi connectivity index (χ0v) is 14.6. The van der Waals surface area contributed by atoms with Gasteiger partial charge >= 0.3 is 0 Å². The van der Waals surface area contributed by atoms with E-state index in [1.165, 1.54) is 38.9 Å². The van der Waals surface area contributed by atoms with E-state index in [1.54, 1.807) is 0 Å². The SMILES string of the molecule is Cc1cc(C)c(CCc2c(C)cc(C)c(C)c2C=O)c(C)c1. The fourth-order valence-corrected chi connectivity index (χ4v) is 3.52. The van der Waals surface area contributed by atoms with E-state index < -0.39 is 0 Å². The van der Waals surface area contributed by atoms with Crippen LogP contribution in [0.15, 0.2) is 18.2 Å². The van der Waals surface area contributed by atoms with Crippen molar-refractivity contribution in [3.63, 3.8) is 0 Å². The fraction of sp³-hybridized carbons (Fsp3) is 0.381. The monoisotopic (exact) mass is 294 g/mol. The summed E-state index contributed by atoms with van der Waals surface area (Å²) in [6, 6.07) is 6.69. The lowest BCUT2D eigenvalue weighted by atomic mass is 9.88. The summed E-state index contributed by atoms with van der Waals surface area (Å²) in [4.78, 5) is 11.5. The summed E-state index contributed by atoms with van der Waals surface area (Å²) in [5.74, 6) is 0. The average molecular weight is 294 g/mol. The second-order valence-electron chi connectivity index (χ2n) is 6.52. The first kappa shape index (κ1) is 16.5. The van der Waals surface area contributed by atoms with E-state index in [0.717, 1.165) is 30.3 Å². The van der Waals surface area contributed by atoms with E-state index >= 15 is 0 Å². The number of hydrogen-bond donors (Lipinski definition) is 0. The van der Waals surface area contributed by atoms with Crippen molar-refractivity contribution in [3.8, 4) is 0 Å². The maximum Gasteiger partial charge on any atom is 0.150 e. The smallest absolute Gasteiger partial charge is 0.150 e. The van der Waals surface area contributed by atoms with Gasteiger partial charge in [0.2, 0.25) is 0 Å². The first-order valence-corrected chi connectivity index (χ1v) is 7.96. The summed E-state index contributed by atoms with van der Waals surface area (Å²) < 4.78 is 0. The minimum Gasteiger partial charge on any atom is -0.298 e. The molecule has 0 saturated carbocycles. The third kappa shape index (κ3) is 3.14. The van der Waals surface area contributed by atoms with Crippen LogP contribution >= 0.6 is 0 Å². The molecule has 0 radical (unpaired) electrons. The molecule has 0 aliphatic rings. The van der Waals surface area contributed by atoms with Gasteiger partial charge in [-0.05, 0) is 93.3 Å². The highest BCUT2D eigenvalue weighted by Gasteiger charge is 2.12.